The Bertz CT molecular complexity index is 390. The number of hydrogen-bond donors (Lipinski definition) is 1. The van der Waals surface area contributed by atoms with Gasteiger partial charge in [0.05, 0.1) is 12.2 Å². The molecule has 0 radical (unpaired) electrons. The Kier molecular flexibility index (Phi) is 16.7. The van der Waals surface area contributed by atoms with E-state index in [4.69, 9.17) is 18.9 Å². The monoisotopic (exact) mass is 354 g/mol. The third kappa shape index (κ3) is 13.7. The molecule has 144 valence electrons. The molecule has 0 heterocycles. The molecule has 5 nitrogen and oxygen atoms in total. The van der Waals surface area contributed by atoms with Crippen molar-refractivity contribution in [2.75, 3.05) is 27.8 Å². The van der Waals surface area contributed by atoms with E-state index in [0.717, 1.165) is 12.8 Å². The Morgan fingerprint density at radius 2 is 1.60 bits per heavy atom. The van der Waals surface area contributed by atoms with Gasteiger partial charge in [0, 0.05) is 14.2 Å². The molecule has 1 N–H and O–H groups in total. The molecule has 0 bridgehead atoms. The summed E-state index contributed by atoms with van der Waals surface area (Å²) >= 11 is 0. The number of methoxy groups -OCH3 is 2. The van der Waals surface area contributed by atoms with Crippen LogP contribution in [0.2, 0.25) is 0 Å². The van der Waals surface area contributed by atoms with Crippen molar-refractivity contribution in [3.63, 3.8) is 0 Å². The highest BCUT2D eigenvalue weighted by atomic mass is 16.7. The summed E-state index contributed by atoms with van der Waals surface area (Å²) in [4.78, 5) is 0. The van der Waals surface area contributed by atoms with Crippen LogP contribution in [0.5, 0.6) is 0 Å². The fraction of sp³-hybridized carbons (Fsp3) is 0.600. The van der Waals surface area contributed by atoms with Crippen LogP contribution in [0.15, 0.2) is 49.1 Å². The minimum absolute atomic E-state index is 0.111. The van der Waals surface area contributed by atoms with Crippen LogP contribution in [0, 0.1) is 0 Å². The molecule has 0 saturated carbocycles. The maximum absolute atomic E-state index is 10.4. The summed E-state index contributed by atoms with van der Waals surface area (Å²) in [6, 6.07) is 0. The minimum atomic E-state index is -0.662. The summed E-state index contributed by atoms with van der Waals surface area (Å²) in [7, 11) is 3.13. The van der Waals surface area contributed by atoms with Crippen molar-refractivity contribution in [1.82, 2.24) is 0 Å². The lowest BCUT2D eigenvalue weighted by Gasteiger charge is -2.20. The number of hydrogen-bond acceptors (Lipinski definition) is 5. The molecule has 0 amide bonds. The molecule has 0 aliphatic heterocycles. The first-order chi connectivity index (χ1) is 12.2. The Balaban J connectivity index is 4.63. The van der Waals surface area contributed by atoms with Gasteiger partial charge in [0.15, 0.2) is 0 Å². The highest BCUT2D eigenvalue weighted by Crippen LogP contribution is 2.10. The lowest BCUT2D eigenvalue weighted by molar-refractivity contribution is -0.0931. The molecular formula is C20H34O5. The normalized spacial score (nSPS) is 16.0. The summed E-state index contributed by atoms with van der Waals surface area (Å²) in [5.41, 5.74) is 0. The third-order valence-corrected chi connectivity index (χ3v) is 3.29. The van der Waals surface area contributed by atoms with Crippen molar-refractivity contribution in [1.29, 1.82) is 0 Å². The molecule has 0 aliphatic carbocycles. The lowest BCUT2D eigenvalue weighted by atomic mass is 10.1. The van der Waals surface area contributed by atoms with Crippen molar-refractivity contribution >= 4 is 0 Å². The molecule has 0 aromatic heterocycles. The average Bonchev–Trinajstić information content (AvgIpc) is 2.62. The van der Waals surface area contributed by atoms with Gasteiger partial charge < -0.3 is 24.1 Å². The van der Waals surface area contributed by atoms with Gasteiger partial charge in [0.2, 0.25) is 0 Å². The standard InChI is InChI=1S/C20H34O5/c1-5-7-8-9-10-11-13-19(21)20(25-17-23-4)15-14-18(12-6-2)24-16-22-3/h6-8,10-11,14-15,18-21H,2,5,9,12-13,16-17H2,1,3-4H3/b8-7-,11-10-,15-14+/t18-,19-,20+/m1/s1. The van der Waals surface area contributed by atoms with Crippen LogP contribution in [0.4, 0.5) is 0 Å². The molecule has 0 rings (SSSR count). The molecule has 0 spiro atoms. The van der Waals surface area contributed by atoms with Crippen molar-refractivity contribution in [3.8, 4) is 0 Å². The minimum Gasteiger partial charge on any atom is -0.390 e. The van der Waals surface area contributed by atoms with Crippen molar-refractivity contribution in [2.24, 2.45) is 0 Å². The Labute approximate surface area is 152 Å². The molecule has 0 aromatic rings. The maximum Gasteiger partial charge on any atom is 0.147 e. The number of aliphatic hydroxyl groups is 1. The van der Waals surface area contributed by atoms with Gasteiger partial charge in [-0.15, -0.1) is 6.58 Å². The number of rotatable bonds is 16. The van der Waals surface area contributed by atoms with E-state index in [1.807, 2.05) is 18.2 Å². The van der Waals surface area contributed by atoms with Gasteiger partial charge in [-0.25, -0.2) is 0 Å². The predicted octanol–water partition coefficient (Wildman–Crippen LogP) is 3.76. The topological polar surface area (TPSA) is 57.2 Å². The van der Waals surface area contributed by atoms with Crippen molar-refractivity contribution in [2.45, 2.75) is 50.9 Å². The molecule has 0 aliphatic rings. The maximum atomic E-state index is 10.4. The van der Waals surface area contributed by atoms with E-state index in [-0.39, 0.29) is 19.7 Å². The van der Waals surface area contributed by atoms with Crippen LogP contribution in [0.1, 0.15) is 32.6 Å². The summed E-state index contributed by atoms with van der Waals surface area (Å²) in [6.45, 7) is 6.13. The van der Waals surface area contributed by atoms with Gasteiger partial charge in [0.1, 0.15) is 19.7 Å². The zero-order valence-electron chi connectivity index (χ0n) is 15.8. The number of ether oxygens (including phenoxy) is 4. The zero-order valence-corrected chi connectivity index (χ0v) is 15.8. The third-order valence-electron chi connectivity index (χ3n) is 3.29. The highest BCUT2D eigenvalue weighted by molar-refractivity contribution is 5.01. The number of aliphatic hydroxyl groups excluding tert-OH is 1. The molecule has 0 aromatic carbocycles. The Hall–Kier alpha value is -1.24. The van der Waals surface area contributed by atoms with E-state index >= 15 is 0 Å². The van der Waals surface area contributed by atoms with Crippen LogP contribution in [0.3, 0.4) is 0 Å². The van der Waals surface area contributed by atoms with Gasteiger partial charge in [-0.05, 0) is 25.7 Å². The largest absolute Gasteiger partial charge is 0.390 e. The average molecular weight is 354 g/mol. The summed E-state index contributed by atoms with van der Waals surface area (Å²) < 4.78 is 21.0. The predicted molar refractivity (Wildman–Crippen MR) is 101 cm³/mol. The van der Waals surface area contributed by atoms with Gasteiger partial charge in [0.25, 0.3) is 0 Å². The first-order valence-corrected chi connectivity index (χ1v) is 8.67. The fourth-order valence-corrected chi connectivity index (χ4v) is 2.00. The van der Waals surface area contributed by atoms with Gasteiger partial charge >= 0.3 is 0 Å². The second-order valence-electron chi connectivity index (χ2n) is 5.45. The van der Waals surface area contributed by atoms with E-state index < -0.39 is 12.2 Å². The van der Waals surface area contributed by atoms with Crippen LogP contribution >= 0.6 is 0 Å². The van der Waals surface area contributed by atoms with E-state index in [9.17, 15) is 5.11 Å². The smallest absolute Gasteiger partial charge is 0.147 e. The zero-order chi connectivity index (χ0) is 18.8. The molecular weight excluding hydrogens is 320 g/mol. The summed E-state index contributed by atoms with van der Waals surface area (Å²) in [5, 5.41) is 10.4. The quantitative estimate of drug-likeness (QED) is 0.338. The van der Waals surface area contributed by atoms with E-state index in [0.29, 0.717) is 12.8 Å². The van der Waals surface area contributed by atoms with Crippen LogP contribution in [-0.4, -0.2) is 51.2 Å². The molecule has 25 heavy (non-hydrogen) atoms. The van der Waals surface area contributed by atoms with Crippen LogP contribution in [0.25, 0.3) is 0 Å². The van der Waals surface area contributed by atoms with Gasteiger partial charge in [-0.1, -0.05) is 49.5 Å². The van der Waals surface area contributed by atoms with Crippen LogP contribution < -0.4 is 0 Å². The SMILES string of the molecule is C=CC[C@H](/C=C/[C@H](OCOC)[C@H](O)C/C=C\C/C=C\CC)OCOC. The van der Waals surface area contributed by atoms with Crippen LogP contribution in [-0.2, 0) is 18.9 Å². The number of allylic oxidation sites excluding steroid dienone is 3. The first-order valence-electron chi connectivity index (χ1n) is 8.67. The molecule has 0 unspecified atom stereocenters. The molecule has 0 saturated heterocycles. The molecule has 5 heteroatoms. The van der Waals surface area contributed by atoms with Gasteiger partial charge in [-0.2, -0.15) is 0 Å². The van der Waals surface area contributed by atoms with E-state index in [1.54, 1.807) is 26.4 Å². The molecule has 3 atom stereocenters. The highest BCUT2D eigenvalue weighted by Gasteiger charge is 2.16. The van der Waals surface area contributed by atoms with Crippen molar-refractivity contribution < 1.29 is 24.1 Å². The first kappa shape index (κ1) is 23.8. The van der Waals surface area contributed by atoms with Crippen molar-refractivity contribution in [3.05, 3.63) is 49.1 Å². The Morgan fingerprint density at radius 3 is 2.24 bits per heavy atom. The summed E-state index contributed by atoms with van der Waals surface area (Å²) in [5.74, 6) is 0. The lowest BCUT2D eigenvalue weighted by Crippen LogP contribution is -2.28. The second kappa shape index (κ2) is 17.6. The fourth-order valence-electron chi connectivity index (χ4n) is 2.00. The second-order valence-corrected chi connectivity index (χ2v) is 5.45. The summed E-state index contributed by atoms with van der Waals surface area (Å²) in [6.07, 6.45) is 15.4. The van der Waals surface area contributed by atoms with E-state index in [2.05, 4.69) is 25.7 Å². The Morgan fingerprint density at radius 1 is 0.920 bits per heavy atom. The van der Waals surface area contributed by atoms with Gasteiger partial charge in [-0.3, -0.25) is 0 Å². The van der Waals surface area contributed by atoms with E-state index in [1.165, 1.54) is 0 Å². The molecule has 0 fully saturated rings.